The van der Waals surface area contributed by atoms with Crippen molar-refractivity contribution in [3.05, 3.63) is 36.5 Å². The monoisotopic (exact) mass is 728 g/mol. The Kier molecular flexibility index (Phi) is 37.9. The van der Waals surface area contributed by atoms with E-state index in [2.05, 4.69) is 50.3 Å². The number of hydrogen-bond acceptors (Lipinski definition) is 7. The van der Waals surface area contributed by atoms with Crippen LogP contribution in [0.25, 0.3) is 0 Å². The Balaban J connectivity index is 4.04. The number of rotatable bonds is 39. The number of carbonyl (C=O) groups excluding carboxylic acids is 1. The molecule has 0 aromatic carbocycles. The summed E-state index contributed by atoms with van der Waals surface area (Å²) in [6.07, 6.45) is 43.0. The lowest BCUT2D eigenvalue weighted by atomic mass is 10.1. The number of nitrogens with two attached hydrogens (primary N) is 1. The van der Waals surface area contributed by atoms with Gasteiger partial charge in [0.1, 0.15) is 6.10 Å². The summed E-state index contributed by atoms with van der Waals surface area (Å²) in [5.41, 5.74) is 5.36. The molecule has 0 aromatic heterocycles. The first kappa shape index (κ1) is 48.7. The van der Waals surface area contributed by atoms with E-state index in [1.165, 1.54) is 109 Å². The number of carbonyl (C=O) groups is 1. The predicted molar refractivity (Wildman–Crippen MR) is 210 cm³/mol. The van der Waals surface area contributed by atoms with Crippen molar-refractivity contribution >= 4 is 13.8 Å². The van der Waals surface area contributed by atoms with E-state index in [4.69, 9.17) is 24.3 Å². The Morgan fingerprint density at radius 3 is 1.62 bits per heavy atom. The predicted octanol–water partition coefficient (Wildman–Crippen LogP) is 11.9. The molecule has 0 fully saturated rings. The molecule has 2 atom stereocenters. The van der Waals surface area contributed by atoms with Crippen LogP contribution in [0.4, 0.5) is 0 Å². The number of phosphoric acid groups is 1. The van der Waals surface area contributed by atoms with E-state index in [0.717, 1.165) is 51.4 Å². The fourth-order valence-electron chi connectivity index (χ4n) is 5.49. The molecule has 50 heavy (non-hydrogen) atoms. The summed E-state index contributed by atoms with van der Waals surface area (Å²) < 4.78 is 33.3. The van der Waals surface area contributed by atoms with Crippen LogP contribution in [0.1, 0.15) is 181 Å². The van der Waals surface area contributed by atoms with Crippen LogP contribution >= 0.6 is 7.82 Å². The molecule has 0 spiro atoms. The van der Waals surface area contributed by atoms with Gasteiger partial charge in [0, 0.05) is 19.6 Å². The summed E-state index contributed by atoms with van der Waals surface area (Å²) in [6.45, 7) is 4.86. The molecule has 0 saturated carbocycles. The third kappa shape index (κ3) is 38.0. The van der Waals surface area contributed by atoms with Crippen LogP contribution in [0.15, 0.2) is 36.5 Å². The first-order valence-electron chi connectivity index (χ1n) is 20.5. The fourth-order valence-corrected chi connectivity index (χ4v) is 6.26. The Hall–Kier alpha value is -1.28. The van der Waals surface area contributed by atoms with E-state index in [1.807, 2.05) is 0 Å². The molecule has 0 heterocycles. The molecule has 294 valence electrons. The third-order valence-corrected chi connectivity index (χ3v) is 9.51. The lowest BCUT2D eigenvalue weighted by Gasteiger charge is -2.20. The number of unbranched alkanes of at least 4 members (excludes halogenated alkanes) is 20. The molecule has 0 aromatic rings. The highest BCUT2D eigenvalue weighted by Gasteiger charge is 2.25. The fraction of sp³-hybridized carbons (Fsp3) is 0.829. The van der Waals surface area contributed by atoms with E-state index in [0.29, 0.717) is 13.0 Å². The van der Waals surface area contributed by atoms with E-state index in [9.17, 15) is 14.3 Å². The van der Waals surface area contributed by atoms with Crippen LogP contribution in [0.5, 0.6) is 0 Å². The van der Waals surface area contributed by atoms with Crippen LogP contribution in [0.3, 0.4) is 0 Å². The van der Waals surface area contributed by atoms with Crippen LogP contribution in [0, 0.1) is 0 Å². The molecule has 0 aliphatic rings. The normalized spacial score (nSPS) is 13.9. The molecule has 0 aliphatic carbocycles. The largest absolute Gasteiger partial charge is 0.472 e. The second-order valence-corrected chi connectivity index (χ2v) is 14.9. The minimum Gasteiger partial charge on any atom is -0.457 e. The second-order valence-electron chi connectivity index (χ2n) is 13.5. The van der Waals surface area contributed by atoms with E-state index < -0.39 is 13.9 Å². The van der Waals surface area contributed by atoms with Crippen molar-refractivity contribution in [2.45, 2.75) is 187 Å². The van der Waals surface area contributed by atoms with Gasteiger partial charge < -0.3 is 20.1 Å². The summed E-state index contributed by atoms with van der Waals surface area (Å²) in [4.78, 5) is 22.4. The molecule has 0 rings (SSSR count). The average molecular weight is 728 g/mol. The topological polar surface area (TPSA) is 117 Å². The van der Waals surface area contributed by atoms with E-state index in [1.54, 1.807) is 0 Å². The highest BCUT2D eigenvalue weighted by Crippen LogP contribution is 2.43. The van der Waals surface area contributed by atoms with Gasteiger partial charge in [-0.25, -0.2) is 4.57 Å². The van der Waals surface area contributed by atoms with Crippen LogP contribution < -0.4 is 5.73 Å². The molecule has 3 N–H and O–H groups in total. The summed E-state index contributed by atoms with van der Waals surface area (Å²) in [6, 6.07) is 0. The molecule has 9 heteroatoms. The zero-order chi connectivity index (χ0) is 36.6. The van der Waals surface area contributed by atoms with Crippen LogP contribution in [0.2, 0.25) is 0 Å². The molecule has 2 unspecified atom stereocenters. The summed E-state index contributed by atoms with van der Waals surface area (Å²) in [7, 11) is -4.27. The van der Waals surface area contributed by atoms with Gasteiger partial charge in [0.05, 0.1) is 19.8 Å². The highest BCUT2D eigenvalue weighted by molar-refractivity contribution is 7.47. The van der Waals surface area contributed by atoms with Crippen molar-refractivity contribution in [1.29, 1.82) is 0 Å². The van der Waals surface area contributed by atoms with Gasteiger partial charge in [0.2, 0.25) is 0 Å². The molecule has 0 aliphatic heterocycles. The highest BCUT2D eigenvalue weighted by atomic mass is 31.2. The Morgan fingerprint density at radius 2 is 1.06 bits per heavy atom. The number of ether oxygens (including phenoxy) is 2. The lowest BCUT2D eigenvalue weighted by Crippen LogP contribution is -2.28. The SMILES string of the molecule is CCCCC/C=C\CCCCCCCC(=O)OC(COCCCCCCCCCC/C=C\C/C=C\CCCCCC)COP(=O)(O)OCCN. The lowest BCUT2D eigenvalue weighted by molar-refractivity contribution is -0.154. The number of esters is 1. The molecule has 0 bridgehead atoms. The molecule has 0 amide bonds. The van der Waals surface area contributed by atoms with Crippen molar-refractivity contribution in [3.8, 4) is 0 Å². The zero-order valence-corrected chi connectivity index (χ0v) is 33.3. The van der Waals surface area contributed by atoms with E-state index >= 15 is 0 Å². The Labute approximate surface area is 308 Å². The molecule has 0 saturated heterocycles. The minimum atomic E-state index is -4.27. The maximum absolute atomic E-state index is 12.5. The van der Waals surface area contributed by atoms with Gasteiger partial charge in [0.25, 0.3) is 0 Å². The average Bonchev–Trinajstić information content (AvgIpc) is 3.10. The smallest absolute Gasteiger partial charge is 0.457 e. The molecule has 0 radical (unpaired) electrons. The van der Waals surface area contributed by atoms with Crippen molar-refractivity contribution in [3.63, 3.8) is 0 Å². The number of phosphoric ester groups is 1. The maximum Gasteiger partial charge on any atom is 0.472 e. The summed E-state index contributed by atoms with van der Waals surface area (Å²) in [5.74, 6) is -0.343. The number of hydrogen-bond donors (Lipinski definition) is 2. The Morgan fingerprint density at radius 1 is 0.600 bits per heavy atom. The van der Waals surface area contributed by atoms with E-state index in [-0.39, 0.29) is 32.3 Å². The van der Waals surface area contributed by atoms with Gasteiger partial charge >= 0.3 is 13.8 Å². The Bertz CT molecular complexity index is 864. The van der Waals surface area contributed by atoms with Gasteiger partial charge in [-0.1, -0.05) is 140 Å². The second kappa shape index (κ2) is 38.9. The van der Waals surface area contributed by atoms with Gasteiger partial charge in [-0.05, 0) is 70.6 Å². The van der Waals surface area contributed by atoms with Gasteiger partial charge in [-0.2, -0.15) is 0 Å². The first-order chi connectivity index (χ1) is 24.4. The van der Waals surface area contributed by atoms with Gasteiger partial charge in [0.15, 0.2) is 0 Å². The molecular formula is C41H78NO7P. The van der Waals surface area contributed by atoms with Crippen molar-refractivity contribution < 1.29 is 32.8 Å². The van der Waals surface area contributed by atoms with Crippen LogP contribution in [-0.2, 0) is 27.9 Å². The molecular weight excluding hydrogens is 649 g/mol. The quantitative estimate of drug-likeness (QED) is 0.0278. The van der Waals surface area contributed by atoms with Crippen molar-refractivity contribution in [1.82, 2.24) is 0 Å². The van der Waals surface area contributed by atoms with Gasteiger partial charge in [-0.3, -0.25) is 13.8 Å². The maximum atomic E-state index is 12.5. The molecule has 8 nitrogen and oxygen atoms in total. The summed E-state index contributed by atoms with van der Waals surface area (Å²) >= 11 is 0. The third-order valence-electron chi connectivity index (χ3n) is 8.53. The minimum absolute atomic E-state index is 0.0976. The summed E-state index contributed by atoms with van der Waals surface area (Å²) in [5, 5.41) is 0. The van der Waals surface area contributed by atoms with Crippen molar-refractivity contribution in [2.75, 3.05) is 33.0 Å². The zero-order valence-electron chi connectivity index (χ0n) is 32.4. The first-order valence-corrected chi connectivity index (χ1v) is 22.0. The van der Waals surface area contributed by atoms with Crippen LogP contribution in [-0.4, -0.2) is 49.9 Å². The van der Waals surface area contributed by atoms with Gasteiger partial charge in [-0.15, -0.1) is 0 Å². The van der Waals surface area contributed by atoms with Crippen molar-refractivity contribution in [2.24, 2.45) is 5.73 Å². The standard InChI is InChI=1S/C41H78NO7P/c1-3-5-7-9-11-13-15-17-18-19-20-21-22-23-25-27-29-31-33-36-46-38-40(39-48-50(44,45)47-37-35-42)49-41(43)34-32-30-28-26-24-16-14-12-10-8-6-4-2/h12-15,18-19,40H,3-11,16-17,20-39,42H2,1-2H3,(H,44,45)/b14-12-,15-13-,19-18-. The number of allylic oxidation sites excluding steroid dienone is 6.